The van der Waals surface area contributed by atoms with Gasteiger partial charge in [0.1, 0.15) is 6.54 Å². The third kappa shape index (κ3) is 6.10. The summed E-state index contributed by atoms with van der Waals surface area (Å²) in [6.45, 7) is -0.992. The summed E-state index contributed by atoms with van der Waals surface area (Å²) in [5.74, 6) is -1.42. The summed E-state index contributed by atoms with van der Waals surface area (Å²) in [6, 6.07) is 4.52. The molecular weight excluding hydrogens is 389 g/mol. The van der Waals surface area contributed by atoms with E-state index in [-0.39, 0.29) is 17.5 Å². The van der Waals surface area contributed by atoms with E-state index in [1.54, 1.807) is 13.1 Å². The Bertz CT molecular complexity index is 818. The van der Waals surface area contributed by atoms with Crippen LogP contribution in [-0.2, 0) is 20.5 Å². The predicted molar refractivity (Wildman–Crippen MR) is 91.3 cm³/mol. The molecule has 0 spiro atoms. The summed E-state index contributed by atoms with van der Waals surface area (Å²) in [6.07, 6.45) is -1.73. The number of hydrogen-bond donors (Lipinski definition) is 1. The van der Waals surface area contributed by atoms with Gasteiger partial charge in [-0.05, 0) is 24.3 Å². The van der Waals surface area contributed by atoms with Crippen LogP contribution in [0, 0.1) is 0 Å². The van der Waals surface area contributed by atoms with E-state index < -0.39 is 35.9 Å². The number of anilines is 2. The Hall–Kier alpha value is -2.88. The van der Waals surface area contributed by atoms with Crippen molar-refractivity contribution in [1.29, 1.82) is 0 Å². The van der Waals surface area contributed by atoms with E-state index in [1.807, 2.05) is 0 Å². The second-order valence-electron chi connectivity index (χ2n) is 5.30. The molecule has 0 aliphatic rings. The van der Waals surface area contributed by atoms with E-state index in [9.17, 15) is 22.8 Å². The molecule has 0 saturated carbocycles. The van der Waals surface area contributed by atoms with Crippen molar-refractivity contribution < 1.29 is 27.5 Å². The Kier molecular flexibility index (Phi) is 6.56. The fourth-order valence-electron chi connectivity index (χ4n) is 1.99. The second-order valence-corrected chi connectivity index (χ2v) is 5.74. The Morgan fingerprint density at radius 1 is 1.26 bits per heavy atom. The third-order valence-corrected chi connectivity index (χ3v) is 3.42. The van der Waals surface area contributed by atoms with E-state index in [1.165, 1.54) is 23.4 Å². The number of amides is 1. The lowest BCUT2D eigenvalue weighted by Gasteiger charge is -2.16. The maximum Gasteiger partial charge on any atom is 0.418 e. The van der Waals surface area contributed by atoms with Crippen LogP contribution in [-0.4, -0.2) is 42.0 Å². The molecule has 2 aromatic rings. The van der Waals surface area contributed by atoms with E-state index in [0.717, 1.165) is 6.07 Å². The quantitative estimate of drug-likeness (QED) is 0.748. The number of ether oxygens (including phenoxy) is 1. The van der Waals surface area contributed by atoms with Gasteiger partial charge in [-0.2, -0.15) is 13.2 Å². The molecule has 0 unspecified atom stereocenters. The summed E-state index contributed by atoms with van der Waals surface area (Å²) < 4.78 is 43.7. The van der Waals surface area contributed by atoms with Crippen LogP contribution in [0.5, 0.6) is 0 Å². The van der Waals surface area contributed by atoms with Gasteiger partial charge in [-0.3, -0.25) is 9.59 Å². The minimum atomic E-state index is -4.71. The monoisotopic (exact) mass is 402 g/mol. The number of nitrogens with zero attached hydrogens (tertiary/aromatic N) is 3. The van der Waals surface area contributed by atoms with Gasteiger partial charge in [0.15, 0.2) is 6.61 Å². The fourth-order valence-corrected chi connectivity index (χ4v) is 2.16. The lowest BCUT2D eigenvalue weighted by molar-refractivity contribution is -0.146. The highest BCUT2D eigenvalue weighted by molar-refractivity contribution is 6.30. The van der Waals surface area contributed by atoms with Crippen molar-refractivity contribution in [2.24, 2.45) is 0 Å². The number of nitrogens with one attached hydrogen (secondary N) is 1. The molecule has 1 aromatic heterocycles. The van der Waals surface area contributed by atoms with Gasteiger partial charge >= 0.3 is 12.1 Å². The van der Waals surface area contributed by atoms with Crippen LogP contribution in [0.1, 0.15) is 5.56 Å². The molecule has 0 aliphatic carbocycles. The van der Waals surface area contributed by atoms with E-state index in [0.29, 0.717) is 6.07 Å². The predicted octanol–water partition coefficient (Wildman–Crippen LogP) is 2.77. The topological polar surface area (TPSA) is 84.4 Å². The highest BCUT2D eigenvalue weighted by Crippen LogP contribution is 2.36. The first-order chi connectivity index (χ1) is 12.7. The summed E-state index contributed by atoms with van der Waals surface area (Å²) in [4.78, 5) is 32.8. The molecule has 144 valence electrons. The average Bonchev–Trinajstić information content (AvgIpc) is 2.61. The minimum Gasteiger partial charge on any atom is -0.454 e. The number of carbonyl (C=O) groups excluding carboxylic acids is 2. The minimum absolute atomic E-state index is 0.127. The molecule has 0 aliphatic heterocycles. The van der Waals surface area contributed by atoms with E-state index in [4.69, 9.17) is 16.3 Å². The molecule has 0 radical (unpaired) electrons. The van der Waals surface area contributed by atoms with E-state index >= 15 is 0 Å². The van der Waals surface area contributed by atoms with Crippen LogP contribution < -0.4 is 10.2 Å². The molecular formula is C16H14ClF3N4O3. The smallest absolute Gasteiger partial charge is 0.418 e. The number of likely N-dealkylation sites (N-methyl/N-ethyl adjacent to an activating group) is 1. The number of halogens is 4. The van der Waals surface area contributed by atoms with Crippen molar-refractivity contribution in [1.82, 2.24) is 9.97 Å². The van der Waals surface area contributed by atoms with Gasteiger partial charge in [0.05, 0.1) is 11.3 Å². The van der Waals surface area contributed by atoms with Crippen molar-refractivity contribution in [2.45, 2.75) is 6.18 Å². The fraction of sp³-hybridized carbons (Fsp3) is 0.250. The molecule has 0 fully saturated rings. The van der Waals surface area contributed by atoms with Gasteiger partial charge < -0.3 is 15.0 Å². The van der Waals surface area contributed by atoms with Crippen LogP contribution >= 0.6 is 11.6 Å². The Morgan fingerprint density at radius 3 is 2.56 bits per heavy atom. The van der Waals surface area contributed by atoms with Crippen molar-refractivity contribution in [3.8, 4) is 0 Å². The van der Waals surface area contributed by atoms with Crippen molar-refractivity contribution >= 4 is 35.1 Å². The molecule has 0 saturated heterocycles. The molecule has 27 heavy (non-hydrogen) atoms. The van der Waals surface area contributed by atoms with Gasteiger partial charge in [0, 0.05) is 24.5 Å². The van der Waals surface area contributed by atoms with Crippen LogP contribution in [0.4, 0.5) is 24.8 Å². The molecule has 1 heterocycles. The molecule has 0 bridgehead atoms. The molecule has 2 rings (SSSR count). The number of aromatic nitrogens is 2. The number of benzene rings is 1. The number of rotatable bonds is 6. The second kappa shape index (κ2) is 8.67. The molecule has 0 atom stereocenters. The van der Waals surface area contributed by atoms with Crippen LogP contribution in [0.25, 0.3) is 0 Å². The number of carbonyl (C=O) groups is 2. The van der Waals surface area contributed by atoms with Gasteiger partial charge in [0.2, 0.25) is 5.95 Å². The first-order valence-electron chi connectivity index (χ1n) is 7.47. The molecule has 1 amide bonds. The SMILES string of the molecule is CN(CC(=O)OCC(=O)Nc1ccc(Cl)cc1C(F)(F)F)c1ncccn1. The average molecular weight is 403 g/mol. The zero-order chi connectivity index (χ0) is 20.0. The maximum atomic E-state index is 13.0. The lowest BCUT2D eigenvalue weighted by atomic mass is 10.1. The molecule has 1 N–H and O–H groups in total. The largest absolute Gasteiger partial charge is 0.454 e. The number of esters is 1. The van der Waals surface area contributed by atoms with Gasteiger partial charge in [-0.1, -0.05) is 11.6 Å². The van der Waals surface area contributed by atoms with Crippen LogP contribution in [0.15, 0.2) is 36.7 Å². The lowest BCUT2D eigenvalue weighted by Crippen LogP contribution is -2.31. The van der Waals surface area contributed by atoms with Crippen molar-refractivity contribution in [3.63, 3.8) is 0 Å². The zero-order valence-corrected chi connectivity index (χ0v) is 14.7. The molecule has 1 aromatic carbocycles. The van der Waals surface area contributed by atoms with Gasteiger partial charge in [-0.15, -0.1) is 0 Å². The van der Waals surface area contributed by atoms with Crippen LogP contribution in [0.3, 0.4) is 0 Å². The summed E-state index contributed by atoms with van der Waals surface area (Å²) >= 11 is 5.56. The van der Waals surface area contributed by atoms with Crippen molar-refractivity contribution in [3.05, 3.63) is 47.2 Å². The highest BCUT2D eigenvalue weighted by atomic mass is 35.5. The third-order valence-electron chi connectivity index (χ3n) is 3.19. The Morgan fingerprint density at radius 2 is 1.93 bits per heavy atom. The maximum absolute atomic E-state index is 13.0. The van der Waals surface area contributed by atoms with Gasteiger partial charge in [0.25, 0.3) is 5.91 Å². The first kappa shape index (κ1) is 20.4. The van der Waals surface area contributed by atoms with Gasteiger partial charge in [-0.25, -0.2) is 9.97 Å². The zero-order valence-electron chi connectivity index (χ0n) is 14.0. The number of alkyl halides is 3. The van der Waals surface area contributed by atoms with E-state index in [2.05, 4.69) is 15.3 Å². The summed E-state index contributed by atoms with van der Waals surface area (Å²) in [7, 11) is 1.54. The summed E-state index contributed by atoms with van der Waals surface area (Å²) in [5.41, 5.74) is -1.58. The van der Waals surface area contributed by atoms with Crippen molar-refractivity contribution in [2.75, 3.05) is 30.4 Å². The standard InChI is InChI=1S/C16H14ClF3N4O3/c1-24(15-21-5-2-6-22-15)8-14(26)27-9-13(25)23-12-4-3-10(17)7-11(12)16(18,19)20/h2-7H,8-9H2,1H3,(H,23,25). The number of hydrogen-bond acceptors (Lipinski definition) is 6. The highest BCUT2D eigenvalue weighted by Gasteiger charge is 2.34. The Balaban J connectivity index is 1.90. The molecule has 11 heteroatoms. The Labute approximate surface area is 157 Å². The first-order valence-corrected chi connectivity index (χ1v) is 7.85. The normalized spacial score (nSPS) is 11.0. The molecule has 7 nitrogen and oxygen atoms in total. The van der Waals surface area contributed by atoms with Crippen LogP contribution in [0.2, 0.25) is 5.02 Å². The summed E-state index contributed by atoms with van der Waals surface area (Å²) in [5, 5.41) is 1.92.